The zero-order valence-corrected chi connectivity index (χ0v) is 11.9. The summed E-state index contributed by atoms with van der Waals surface area (Å²) < 4.78 is 5.45. The minimum Gasteiger partial charge on any atom is -0.375 e. The van der Waals surface area contributed by atoms with Crippen LogP contribution < -0.4 is 5.32 Å². The van der Waals surface area contributed by atoms with Gasteiger partial charge in [-0.1, -0.05) is 23.7 Å². The van der Waals surface area contributed by atoms with Gasteiger partial charge in [0.2, 0.25) is 0 Å². The lowest BCUT2D eigenvalue weighted by molar-refractivity contribution is 0.0642. The van der Waals surface area contributed by atoms with E-state index >= 15 is 0 Å². The number of aromatic amines is 1. The van der Waals surface area contributed by atoms with Gasteiger partial charge in [-0.25, -0.2) is 0 Å². The first-order valence-corrected chi connectivity index (χ1v) is 6.44. The van der Waals surface area contributed by atoms with E-state index in [1.807, 2.05) is 19.1 Å². The number of aromatic nitrogens is 3. The highest BCUT2D eigenvalue weighted by Gasteiger charge is 2.22. The summed E-state index contributed by atoms with van der Waals surface area (Å²) in [6.45, 7) is 1.86. The van der Waals surface area contributed by atoms with Crippen LogP contribution in [0.3, 0.4) is 0 Å². The van der Waals surface area contributed by atoms with Gasteiger partial charge in [0.05, 0.1) is 12.2 Å². The van der Waals surface area contributed by atoms with Gasteiger partial charge in [0.1, 0.15) is 6.10 Å². The third-order valence-corrected chi connectivity index (χ3v) is 3.16. The molecule has 6 nitrogen and oxygen atoms in total. The second kappa shape index (κ2) is 6.49. The molecular formula is C13H15ClN4O2. The number of rotatable bonds is 5. The second-order valence-corrected chi connectivity index (χ2v) is 4.76. The summed E-state index contributed by atoms with van der Waals surface area (Å²) >= 11 is 5.86. The number of methoxy groups -OCH3 is 1. The summed E-state index contributed by atoms with van der Waals surface area (Å²) in [7, 11) is 1.60. The molecule has 0 aliphatic heterocycles. The first kappa shape index (κ1) is 14.5. The summed E-state index contributed by atoms with van der Waals surface area (Å²) in [6, 6.07) is 7.08. The van der Waals surface area contributed by atoms with Crippen molar-refractivity contribution < 1.29 is 9.53 Å². The van der Waals surface area contributed by atoms with Crippen LogP contribution >= 0.6 is 11.6 Å². The Balaban J connectivity index is 2.07. The Morgan fingerprint density at radius 3 is 2.65 bits per heavy atom. The highest BCUT2D eigenvalue weighted by molar-refractivity contribution is 6.30. The number of nitrogens with zero attached hydrogens (tertiary/aromatic N) is 2. The van der Waals surface area contributed by atoms with Crippen molar-refractivity contribution in [2.24, 2.45) is 0 Å². The molecule has 2 rings (SSSR count). The average Bonchev–Trinajstić information content (AvgIpc) is 2.96. The van der Waals surface area contributed by atoms with Gasteiger partial charge in [-0.2, -0.15) is 15.4 Å². The molecule has 106 valence electrons. The number of hydrogen-bond acceptors (Lipinski definition) is 4. The predicted molar refractivity (Wildman–Crippen MR) is 74.5 cm³/mol. The van der Waals surface area contributed by atoms with Crippen molar-refractivity contribution in [1.29, 1.82) is 0 Å². The molecule has 0 radical (unpaired) electrons. The third-order valence-electron chi connectivity index (χ3n) is 2.91. The Labute approximate surface area is 121 Å². The average molecular weight is 295 g/mol. The number of halogens is 1. The molecule has 20 heavy (non-hydrogen) atoms. The molecule has 1 aromatic carbocycles. The summed E-state index contributed by atoms with van der Waals surface area (Å²) in [5.74, 6) is -0.303. The largest absolute Gasteiger partial charge is 0.375 e. The van der Waals surface area contributed by atoms with E-state index in [9.17, 15) is 4.79 Å². The molecule has 1 amide bonds. The molecule has 2 N–H and O–H groups in total. The lowest BCUT2D eigenvalue weighted by Crippen LogP contribution is -2.38. The summed E-state index contributed by atoms with van der Waals surface area (Å²) in [4.78, 5) is 11.9. The van der Waals surface area contributed by atoms with Crippen LogP contribution in [0.2, 0.25) is 5.02 Å². The van der Waals surface area contributed by atoms with E-state index in [1.165, 1.54) is 6.20 Å². The molecule has 2 aromatic rings. The first-order chi connectivity index (χ1) is 9.61. The molecule has 0 saturated heterocycles. The van der Waals surface area contributed by atoms with Crippen molar-refractivity contribution in [2.75, 3.05) is 7.11 Å². The number of ether oxygens (including phenoxy) is 1. The number of nitrogens with one attached hydrogen (secondary N) is 2. The topological polar surface area (TPSA) is 79.9 Å². The maximum absolute atomic E-state index is 11.9. The minimum atomic E-state index is -0.303. The van der Waals surface area contributed by atoms with Gasteiger partial charge in [-0.05, 0) is 24.6 Å². The molecule has 0 fully saturated rings. The lowest BCUT2D eigenvalue weighted by atomic mass is 10.0. The maximum Gasteiger partial charge on any atom is 0.273 e. The maximum atomic E-state index is 11.9. The van der Waals surface area contributed by atoms with Gasteiger partial charge in [0.25, 0.3) is 5.91 Å². The monoisotopic (exact) mass is 294 g/mol. The van der Waals surface area contributed by atoms with E-state index in [-0.39, 0.29) is 23.7 Å². The SMILES string of the molecule is CO[C@H](c1ccc(Cl)cc1)[C@@H](C)NC(=O)c1cn[nH]n1. The van der Waals surface area contributed by atoms with Crippen LogP contribution in [0.4, 0.5) is 0 Å². The quantitative estimate of drug-likeness (QED) is 0.883. The fourth-order valence-corrected chi connectivity index (χ4v) is 2.07. The van der Waals surface area contributed by atoms with Crippen LogP contribution in [-0.2, 0) is 4.74 Å². The number of H-pyrrole nitrogens is 1. The first-order valence-electron chi connectivity index (χ1n) is 6.06. The summed E-state index contributed by atoms with van der Waals surface area (Å²) in [5, 5.41) is 13.2. The van der Waals surface area contributed by atoms with E-state index in [4.69, 9.17) is 16.3 Å². The van der Waals surface area contributed by atoms with Crippen molar-refractivity contribution in [1.82, 2.24) is 20.7 Å². The standard InChI is InChI=1S/C13H15ClN4O2/c1-8(16-13(19)11-7-15-18-17-11)12(20-2)9-3-5-10(14)6-4-9/h3-8,12H,1-2H3,(H,16,19)(H,15,17,18)/t8-,12+/m1/s1. The van der Waals surface area contributed by atoms with Crippen LogP contribution in [-0.4, -0.2) is 34.5 Å². The van der Waals surface area contributed by atoms with Crippen LogP contribution in [0, 0.1) is 0 Å². The second-order valence-electron chi connectivity index (χ2n) is 4.33. The van der Waals surface area contributed by atoms with E-state index in [0.717, 1.165) is 5.56 Å². The summed E-state index contributed by atoms with van der Waals surface area (Å²) in [5.41, 5.74) is 1.17. The molecule has 0 spiro atoms. The minimum absolute atomic E-state index is 0.231. The van der Waals surface area contributed by atoms with Gasteiger partial charge < -0.3 is 10.1 Å². The van der Waals surface area contributed by atoms with Crippen molar-refractivity contribution in [3.63, 3.8) is 0 Å². The molecular weight excluding hydrogens is 280 g/mol. The van der Waals surface area contributed by atoms with Gasteiger partial charge in [-0.15, -0.1) is 0 Å². The van der Waals surface area contributed by atoms with Crippen LogP contribution in [0.15, 0.2) is 30.5 Å². The van der Waals surface area contributed by atoms with E-state index < -0.39 is 0 Å². The fraction of sp³-hybridized carbons (Fsp3) is 0.308. The van der Waals surface area contributed by atoms with Gasteiger partial charge >= 0.3 is 0 Å². The smallest absolute Gasteiger partial charge is 0.273 e. The molecule has 2 atom stereocenters. The van der Waals surface area contributed by atoms with Gasteiger partial charge in [0.15, 0.2) is 5.69 Å². The molecule has 1 aromatic heterocycles. The van der Waals surface area contributed by atoms with Crippen molar-refractivity contribution in [3.05, 3.63) is 46.7 Å². The van der Waals surface area contributed by atoms with Crippen LogP contribution in [0.1, 0.15) is 29.1 Å². The zero-order chi connectivity index (χ0) is 14.5. The van der Waals surface area contributed by atoms with Crippen molar-refractivity contribution in [2.45, 2.75) is 19.1 Å². The molecule has 0 aliphatic carbocycles. The van der Waals surface area contributed by atoms with Gasteiger partial charge in [-0.3, -0.25) is 4.79 Å². The molecule has 0 bridgehead atoms. The Bertz CT molecular complexity index is 556. The lowest BCUT2D eigenvalue weighted by Gasteiger charge is -2.23. The zero-order valence-electron chi connectivity index (χ0n) is 11.1. The third kappa shape index (κ3) is 3.34. The summed E-state index contributed by atoms with van der Waals surface area (Å²) in [6.07, 6.45) is 1.09. The molecule has 0 aliphatic rings. The highest BCUT2D eigenvalue weighted by Crippen LogP contribution is 2.22. The fourth-order valence-electron chi connectivity index (χ4n) is 1.95. The number of carbonyl (C=O) groups is 1. The predicted octanol–water partition coefficient (Wildman–Crippen LogP) is 1.96. The van der Waals surface area contributed by atoms with E-state index in [1.54, 1.807) is 19.2 Å². The number of benzene rings is 1. The Hall–Kier alpha value is -1.92. The van der Waals surface area contributed by atoms with Crippen molar-refractivity contribution >= 4 is 17.5 Å². The van der Waals surface area contributed by atoms with E-state index in [0.29, 0.717) is 5.02 Å². The molecule has 0 unspecified atom stereocenters. The Morgan fingerprint density at radius 2 is 2.10 bits per heavy atom. The van der Waals surface area contributed by atoms with Crippen LogP contribution in [0.5, 0.6) is 0 Å². The van der Waals surface area contributed by atoms with E-state index in [2.05, 4.69) is 20.7 Å². The molecule has 1 heterocycles. The van der Waals surface area contributed by atoms with Crippen LogP contribution in [0.25, 0.3) is 0 Å². The number of hydrogen-bond donors (Lipinski definition) is 2. The van der Waals surface area contributed by atoms with Crippen molar-refractivity contribution in [3.8, 4) is 0 Å². The Kier molecular flexibility index (Phi) is 4.70. The number of amides is 1. The Morgan fingerprint density at radius 1 is 1.40 bits per heavy atom. The highest BCUT2D eigenvalue weighted by atomic mass is 35.5. The molecule has 7 heteroatoms. The van der Waals surface area contributed by atoms with Gasteiger partial charge in [0, 0.05) is 12.1 Å². The molecule has 0 saturated carbocycles. The normalized spacial score (nSPS) is 13.8. The number of carbonyl (C=O) groups excluding carboxylic acids is 1.